The first-order valence-electron chi connectivity index (χ1n) is 12.1. The van der Waals surface area contributed by atoms with Gasteiger partial charge in [-0.3, -0.25) is 4.57 Å². The van der Waals surface area contributed by atoms with E-state index in [4.69, 9.17) is 4.98 Å². The van der Waals surface area contributed by atoms with Crippen LogP contribution in [0.1, 0.15) is 29.3 Å². The molecule has 3 heteroatoms. The minimum Gasteiger partial charge on any atom is -0.308 e. The van der Waals surface area contributed by atoms with Gasteiger partial charge in [-0.05, 0) is 67.2 Å². The van der Waals surface area contributed by atoms with Crippen molar-refractivity contribution < 1.29 is 0 Å². The first-order valence-corrected chi connectivity index (χ1v) is 12.1. The van der Waals surface area contributed by atoms with Crippen LogP contribution in [0.3, 0.4) is 0 Å². The second-order valence-corrected chi connectivity index (χ2v) is 9.68. The Kier molecular flexibility index (Phi) is 3.49. The van der Waals surface area contributed by atoms with E-state index in [0.717, 1.165) is 11.5 Å². The van der Waals surface area contributed by atoms with Crippen molar-refractivity contribution in [3.05, 3.63) is 108 Å². The van der Waals surface area contributed by atoms with Gasteiger partial charge < -0.3 is 4.57 Å². The van der Waals surface area contributed by atoms with Gasteiger partial charge in [0.1, 0.15) is 5.82 Å². The molecular weight excluding hydrogens is 414 g/mol. The number of aromatic nitrogens is 3. The summed E-state index contributed by atoms with van der Waals surface area (Å²) in [4.78, 5) is 4.97. The number of benzene rings is 3. The molecule has 0 aliphatic heterocycles. The van der Waals surface area contributed by atoms with Gasteiger partial charge in [-0.2, -0.15) is 0 Å². The molecule has 1 fully saturated rings. The zero-order chi connectivity index (χ0) is 22.4. The van der Waals surface area contributed by atoms with Crippen molar-refractivity contribution in [2.45, 2.75) is 19.3 Å². The summed E-state index contributed by atoms with van der Waals surface area (Å²) in [7, 11) is 0. The summed E-state index contributed by atoms with van der Waals surface area (Å²) in [6.07, 6.45) is 6.04. The number of fused-ring (bicyclic) bond motifs is 9. The summed E-state index contributed by atoms with van der Waals surface area (Å²) in [5.74, 6) is 2.31. The van der Waals surface area contributed by atoms with E-state index in [1.807, 2.05) is 0 Å². The Hall–Kier alpha value is -4.11. The van der Waals surface area contributed by atoms with Crippen LogP contribution in [0.4, 0.5) is 0 Å². The first-order chi connectivity index (χ1) is 16.8. The molecule has 0 radical (unpaired) electrons. The van der Waals surface area contributed by atoms with Crippen LogP contribution in [0.15, 0.2) is 91.0 Å². The molecule has 8 rings (SSSR count). The number of allylic oxidation sites excluding steroid dienone is 1. The second kappa shape index (κ2) is 6.48. The average molecular weight is 438 g/mol. The SMILES string of the molecule is Cc1cccc(-n2c3ccccc3c3ccc4c5c(n(-c6ccccc6)c4c32)C=CC2CC52)n1. The van der Waals surface area contributed by atoms with Gasteiger partial charge in [-0.1, -0.05) is 60.7 Å². The number of para-hydroxylation sites is 2. The summed E-state index contributed by atoms with van der Waals surface area (Å²) >= 11 is 0. The number of hydrogen-bond donors (Lipinski definition) is 0. The normalized spacial score (nSPS) is 18.5. The van der Waals surface area contributed by atoms with Gasteiger partial charge in [0.05, 0.1) is 22.2 Å². The fourth-order valence-corrected chi connectivity index (χ4v) is 6.13. The summed E-state index contributed by atoms with van der Waals surface area (Å²) < 4.78 is 4.86. The molecule has 162 valence electrons. The summed E-state index contributed by atoms with van der Waals surface area (Å²) in [6.45, 7) is 2.07. The fraction of sp³-hybridized carbons (Fsp3) is 0.129. The summed E-state index contributed by atoms with van der Waals surface area (Å²) in [6, 6.07) is 30.5. The molecule has 2 aliphatic rings. The zero-order valence-corrected chi connectivity index (χ0v) is 18.9. The molecule has 3 nitrogen and oxygen atoms in total. The van der Waals surface area contributed by atoms with Crippen LogP contribution < -0.4 is 0 Å². The van der Waals surface area contributed by atoms with Crippen LogP contribution in [0, 0.1) is 12.8 Å². The van der Waals surface area contributed by atoms with Gasteiger partial charge in [-0.25, -0.2) is 4.98 Å². The monoisotopic (exact) mass is 437 g/mol. The molecule has 2 atom stereocenters. The molecule has 0 spiro atoms. The van der Waals surface area contributed by atoms with Crippen molar-refractivity contribution in [3.8, 4) is 11.5 Å². The number of pyridine rings is 1. The van der Waals surface area contributed by atoms with Gasteiger partial charge in [0, 0.05) is 27.5 Å². The van der Waals surface area contributed by atoms with Crippen LogP contribution in [0.2, 0.25) is 0 Å². The highest BCUT2D eigenvalue weighted by atomic mass is 15.1. The standard InChI is InChI=1S/C31H23N3/c1-19-8-7-13-28(32-19)34-26-12-6-5-11-22(26)23-15-16-24-29-25-18-20(25)14-17-27(29)33(31(24)30(23)34)21-9-3-2-4-10-21/h2-17,20,25H,18H2,1H3. The number of nitrogens with zero attached hydrogens (tertiary/aromatic N) is 3. The maximum atomic E-state index is 4.97. The third-order valence-electron chi connectivity index (χ3n) is 7.67. The molecule has 6 aromatic rings. The highest BCUT2D eigenvalue weighted by Crippen LogP contribution is 2.56. The Labute approximate surface area is 197 Å². The smallest absolute Gasteiger partial charge is 0.137 e. The number of aryl methyl sites for hydroxylation is 1. The van der Waals surface area contributed by atoms with Crippen LogP contribution in [0.25, 0.3) is 50.3 Å². The molecule has 0 N–H and O–H groups in total. The van der Waals surface area contributed by atoms with Crippen molar-refractivity contribution in [1.82, 2.24) is 14.1 Å². The Bertz CT molecular complexity index is 1800. The summed E-state index contributed by atoms with van der Waals surface area (Å²) in [5.41, 5.74) is 8.80. The van der Waals surface area contributed by atoms with Crippen LogP contribution in [-0.4, -0.2) is 14.1 Å². The maximum absolute atomic E-state index is 4.97. The van der Waals surface area contributed by atoms with Gasteiger partial charge in [0.15, 0.2) is 0 Å². The predicted octanol–water partition coefficient (Wildman–Crippen LogP) is 7.56. The minimum absolute atomic E-state index is 0.639. The van der Waals surface area contributed by atoms with E-state index < -0.39 is 0 Å². The molecule has 0 bridgehead atoms. The van der Waals surface area contributed by atoms with Crippen LogP contribution in [-0.2, 0) is 0 Å². The van der Waals surface area contributed by atoms with Crippen LogP contribution in [0.5, 0.6) is 0 Å². The van der Waals surface area contributed by atoms with Gasteiger partial charge >= 0.3 is 0 Å². The highest BCUT2D eigenvalue weighted by Gasteiger charge is 2.43. The van der Waals surface area contributed by atoms with Gasteiger partial charge in [-0.15, -0.1) is 0 Å². The molecule has 3 aromatic heterocycles. The summed E-state index contributed by atoms with van der Waals surface area (Å²) in [5, 5.41) is 3.91. The largest absolute Gasteiger partial charge is 0.308 e. The van der Waals surface area contributed by atoms with Crippen molar-refractivity contribution >= 4 is 38.8 Å². The molecule has 3 aromatic carbocycles. The second-order valence-electron chi connectivity index (χ2n) is 9.68. The van der Waals surface area contributed by atoms with E-state index in [1.54, 1.807) is 0 Å². The van der Waals surface area contributed by atoms with Crippen molar-refractivity contribution in [1.29, 1.82) is 0 Å². The Morgan fingerprint density at radius 1 is 0.735 bits per heavy atom. The van der Waals surface area contributed by atoms with E-state index in [9.17, 15) is 0 Å². The molecule has 1 saturated carbocycles. The quantitative estimate of drug-likeness (QED) is 0.274. The van der Waals surface area contributed by atoms with Gasteiger partial charge in [0.2, 0.25) is 0 Å². The van der Waals surface area contributed by atoms with E-state index in [2.05, 4.69) is 113 Å². The van der Waals surface area contributed by atoms with Crippen molar-refractivity contribution in [2.75, 3.05) is 0 Å². The molecule has 0 saturated heterocycles. The minimum atomic E-state index is 0.639. The molecule has 34 heavy (non-hydrogen) atoms. The number of hydrogen-bond acceptors (Lipinski definition) is 1. The fourth-order valence-electron chi connectivity index (χ4n) is 6.13. The van der Waals surface area contributed by atoms with E-state index in [0.29, 0.717) is 11.8 Å². The average Bonchev–Trinajstić information content (AvgIpc) is 3.48. The van der Waals surface area contributed by atoms with E-state index in [-0.39, 0.29) is 0 Å². The lowest BCUT2D eigenvalue weighted by Crippen LogP contribution is -2.02. The lowest BCUT2D eigenvalue weighted by atomic mass is 9.99. The number of rotatable bonds is 2. The zero-order valence-electron chi connectivity index (χ0n) is 18.9. The third-order valence-corrected chi connectivity index (χ3v) is 7.67. The van der Waals surface area contributed by atoms with Gasteiger partial charge in [0.25, 0.3) is 0 Å². The highest BCUT2D eigenvalue weighted by molar-refractivity contribution is 6.19. The first kappa shape index (κ1) is 18.3. The lowest BCUT2D eigenvalue weighted by molar-refractivity contribution is 0.975. The predicted molar refractivity (Wildman–Crippen MR) is 140 cm³/mol. The molecular formula is C31H23N3. The Balaban J connectivity index is 1.64. The molecule has 0 amide bonds. The molecule has 3 heterocycles. The lowest BCUT2D eigenvalue weighted by Gasteiger charge is -2.13. The molecule has 2 unspecified atom stereocenters. The third kappa shape index (κ3) is 2.34. The van der Waals surface area contributed by atoms with Crippen molar-refractivity contribution in [2.24, 2.45) is 5.92 Å². The van der Waals surface area contributed by atoms with Crippen LogP contribution >= 0.6 is 0 Å². The molecule has 2 aliphatic carbocycles. The maximum Gasteiger partial charge on any atom is 0.137 e. The van der Waals surface area contributed by atoms with E-state index >= 15 is 0 Å². The Morgan fingerprint density at radius 2 is 1.53 bits per heavy atom. The van der Waals surface area contributed by atoms with Crippen molar-refractivity contribution in [3.63, 3.8) is 0 Å². The van der Waals surface area contributed by atoms with E-state index in [1.165, 1.54) is 56.1 Å². The topological polar surface area (TPSA) is 22.8 Å². The Morgan fingerprint density at radius 3 is 2.41 bits per heavy atom.